The van der Waals surface area contributed by atoms with Gasteiger partial charge < -0.3 is 10.6 Å². The van der Waals surface area contributed by atoms with E-state index in [1.807, 2.05) is 12.1 Å². The van der Waals surface area contributed by atoms with E-state index in [2.05, 4.69) is 22.1 Å². The third-order valence-corrected chi connectivity index (χ3v) is 4.86. The van der Waals surface area contributed by atoms with E-state index in [1.54, 1.807) is 6.08 Å². The second-order valence-electron chi connectivity index (χ2n) is 6.83. The van der Waals surface area contributed by atoms with Gasteiger partial charge in [-0.1, -0.05) is 60.8 Å². The molecule has 2 aromatic carbocycles. The number of carbonyl (C=O) groups excluding carboxylic acids is 1. The van der Waals surface area contributed by atoms with Gasteiger partial charge in [-0.15, -0.1) is 0 Å². The molecule has 1 fully saturated rings. The number of carbonyl (C=O) groups is 1. The summed E-state index contributed by atoms with van der Waals surface area (Å²) in [5.41, 5.74) is 7.13. The van der Waals surface area contributed by atoms with Crippen molar-refractivity contribution in [1.29, 1.82) is 0 Å². The Bertz CT molecular complexity index is 872. The topological polar surface area (TPSA) is 64.7 Å². The zero-order valence-electron chi connectivity index (χ0n) is 15.4. The molecule has 0 unspecified atom stereocenters. The lowest BCUT2D eigenvalue weighted by Gasteiger charge is -2.21. The van der Waals surface area contributed by atoms with Crippen LogP contribution in [0.4, 0.5) is 8.78 Å². The molecule has 0 bridgehead atoms. The number of amidine groups is 1. The molecule has 148 valence electrons. The summed E-state index contributed by atoms with van der Waals surface area (Å²) in [5, 5.41) is 3.41. The highest BCUT2D eigenvalue weighted by Crippen LogP contribution is 2.32. The highest BCUT2D eigenvalue weighted by Gasteiger charge is 2.19. The van der Waals surface area contributed by atoms with Crippen molar-refractivity contribution in [2.24, 2.45) is 10.9 Å². The predicted molar refractivity (Wildman–Crippen MR) is 107 cm³/mol. The molecule has 2 aromatic rings. The normalized spacial score (nSPS) is 15.7. The molecule has 0 heterocycles. The maximum absolute atomic E-state index is 13.5. The summed E-state index contributed by atoms with van der Waals surface area (Å²) in [5.74, 6) is -2.75. The van der Waals surface area contributed by atoms with E-state index >= 15 is 0 Å². The van der Waals surface area contributed by atoms with Crippen molar-refractivity contribution in [2.75, 3.05) is 0 Å². The van der Waals surface area contributed by atoms with E-state index in [4.69, 9.17) is 5.73 Å². The SMILES string of the molecule is NC(/C=C/c1ccc(C2CCCCC2)cc1)=N\OC(=O)c1c(F)cccc1F.[HH]. The van der Waals surface area contributed by atoms with Crippen LogP contribution in [0.2, 0.25) is 0 Å². The maximum atomic E-state index is 13.5. The van der Waals surface area contributed by atoms with E-state index < -0.39 is 23.2 Å². The van der Waals surface area contributed by atoms with Crippen LogP contribution in [0.25, 0.3) is 6.08 Å². The Balaban J connectivity index is 0.00000300. The minimum atomic E-state index is -1.25. The Labute approximate surface area is 164 Å². The largest absolute Gasteiger partial charge is 0.381 e. The van der Waals surface area contributed by atoms with Gasteiger partial charge in [0.1, 0.15) is 17.2 Å². The number of nitrogens with zero attached hydrogens (tertiary/aromatic N) is 1. The van der Waals surface area contributed by atoms with E-state index in [-0.39, 0.29) is 7.26 Å². The molecule has 3 rings (SSSR count). The van der Waals surface area contributed by atoms with Crippen molar-refractivity contribution in [3.63, 3.8) is 0 Å². The van der Waals surface area contributed by atoms with Gasteiger partial charge in [0.25, 0.3) is 0 Å². The molecular weight excluding hydrogens is 362 g/mol. The van der Waals surface area contributed by atoms with Gasteiger partial charge in [0, 0.05) is 1.43 Å². The van der Waals surface area contributed by atoms with E-state index in [1.165, 1.54) is 43.7 Å². The molecule has 0 amide bonds. The Morgan fingerprint density at radius 2 is 1.71 bits per heavy atom. The second kappa shape index (κ2) is 9.26. The fourth-order valence-corrected chi connectivity index (χ4v) is 3.36. The van der Waals surface area contributed by atoms with Crippen molar-refractivity contribution in [2.45, 2.75) is 38.0 Å². The van der Waals surface area contributed by atoms with Crippen molar-refractivity contribution in [3.8, 4) is 0 Å². The molecule has 1 saturated carbocycles. The number of hydrogen-bond donors (Lipinski definition) is 1. The molecule has 0 aliphatic heterocycles. The van der Waals surface area contributed by atoms with Crippen molar-refractivity contribution in [1.82, 2.24) is 0 Å². The van der Waals surface area contributed by atoms with Crippen molar-refractivity contribution < 1.29 is 19.8 Å². The first-order chi connectivity index (χ1) is 13.5. The zero-order chi connectivity index (χ0) is 19.9. The molecule has 1 aliphatic rings. The fourth-order valence-electron chi connectivity index (χ4n) is 3.36. The molecular formula is C22H24F2N2O2. The average Bonchev–Trinajstić information content (AvgIpc) is 2.71. The van der Waals surface area contributed by atoms with Gasteiger partial charge in [-0.25, -0.2) is 13.6 Å². The molecule has 0 saturated heterocycles. The van der Waals surface area contributed by atoms with Crippen LogP contribution in [0, 0.1) is 11.6 Å². The molecule has 28 heavy (non-hydrogen) atoms. The van der Waals surface area contributed by atoms with Gasteiger partial charge >= 0.3 is 5.97 Å². The van der Waals surface area contributed by atoms with Crippen LogP contribution in [-0.4, -0.2) is 11.8 Å². The van der Waals surface area contributed by atoms with Crippen LogP contribution < -0.4 is 5.73 Å². The second-order valence-corrected chi connectivity index (χ2v) is 6.83. The molecule has 2 N–H and O–H groups in total. The summed E-state index contributed by atoms with van der Waals surface area (Å²) >= 11 is 0. The molecule has 0 radical (unpaired) electrons. The average molecular weight is 386 g/mol. The standard InChI is InChI=1S/C22H22F2N2O2.H2/c23-18-7-4-8-19(24)21(18)22(27)28-26-20(25)14-11-15-9-12-17(13-10-15)16-5-2-1-3-6-16;/h4,7-14,16H,1-3,5-6H2,(H2,25,26);1H/b14-11+;. The molecule has 6 heteroatoms. The first-order valence-electron chi connectivity index (χ1n) is 9.31. The number of rotatable bonds is 5. The molecule has 1 aliphatic carbocycles. The third-order valence-electron chi connectivity index (χ3n) is 4.86. The Morgan fingerprint density at radius 3 is 2.36 bits per heavy atom. The number of nitrogens with two attached hydrogens (primary N) is 1. The lowest BCUT2D eigenvalue weighted by molar-refractivity contribution is 0.0505. The monoisotopic (exact) mass is 386 g/mol. The first kappa shape index (κ1) is 19.7. The fraction of sp³-hybridized carbons (Fsp3) is 0.273. The number of oxime groups is 1. The van der Waals surface area contributed by atoms with Crippen molar-refractivity contribution in [3.05, 3.63) is 76.9 Å². The summed E-state index contributed by atoms with van der Waals surface area (Å²) in [4.78, 5) is 16.3. The zero-order valence-corrected chi connectivity index (χ0v) is 15.4. The van der Waals surface area contributed by atoms with Gasteiger partial charge in [-0.2, -0.15) is 0 Å². The highest BCUT2D eigenvalue weighted by molar-refractivity contribution is 5.96. The summed E-state index contributed by atoms with van der Waals surface area (Å²) in [6.07, 6.45) is 9.56. The molecule has 0 aromatic heterocycles. The predicted octanol–water partition coefficient (Wildman–Crippen LogP) is 5.40. The van der Waals surface area contributed by atoms with Crippen LogP contribution in [-0.2, 0) is 4.84 Å². The summed E-state index contributed by atoms with van der Waals surface area (Å²) in [6.45, 7) is 0. The quantitative estimate of drug-likeness (QED) is 0.324. The number of benzene rings is 2. The smallest absolute Gasteiger partial charge is 0.371 e. The van der Waals surface area contributed by atoms with Gasteiger partial charge in [0.15, 0.2) is 5.84 Å². The summed E-state index contributed by atoms with van der Waals surface area (Å²) < 4.78 is 27.1. The Kier molecular flexibility index (Phi) is 6.53. The molecule has 0 atom stereocenters. The summed E-state index contributed by atoms with van der Waals surface area (Å²) in [7, 11) is 0. The lowest BCUT2D eigenvalue weighted by atomic mass is 9.84. The summed E-state index contributed by atoms with van der Waals surface area (Å²) in [6, 6.07) is 11.3. The van der Waals surface area contributed by atoms with Crippen LogP contribution in [0.5, 0.6) is 0 Å². The van der Waals surface area contributed by atoms with Crippen LogP contribution in [0.15, 0.2) is 53.7 Å². The van der Waals surface area contributed by atoms with E-state index in [9.17, 15) is 13.6 Å². The first-order valence-corrected chi connectivity index (χ1v) is 9.31. The Morgan fingerprint density at radius 1 is 1.07 bits per heavy atom. The Hall–Kier alpha value is -3.02. The molecule has 0 spiro atoms. The van der Waals surface area contributed by atoms with Gasteiger partial charge in [-0.05, 0) is 48.1 Å². The number of halogens is 2. The van der Waals surface area contributed by atoms with Gasteiger partial charge in [-0.3, -0.25) is 0 Å². The van der Waals surface area contributed by atoms with Gasteiger partial charge in [0.05, 0.1) is 0 Å². The highest BCUT2D eigenvalue weighted by atomic mass is 19.1. The lowest BCUT2D eigenvalue weighted by Crippen LogP contribution is -2.12. The van der Waals surface area contributed by atoms with E-state index in [0.717, 1.165) is 23.8 Å². The maximum Gasteiger partial charge on any atom is 0.371 e. The van der Waals surface area contributed by atoms with Crippen LogP contribution in [0.3, 0.4) is 0 Å². The molecule has 4 nitrogen and oxygen atoms in total. The minimum absolute atomic E-state index is 0. The minimum Gasteiger partial charge on any atom is -0.381 e. The van der Waals surface area contributed by atoms with E-state index in [0.29, 0.717) is 5.92 Å². The van der Waals surface area contributed by atoms with Crippen LogP contribution in [0.1, 0.15) is 60.9 Å². The third kappa shape index (κ3) is 5.03. The van der Waals surface area contributed by atoms with Gasteiger partial charge in [0.2, 0.25) is 0 Å². The van der Waals surface area contributed by atoms with Crippen LogP contribution >= 0.6 is 0 Å². The number of hydrogen-bond acceptors (Lipinski definition) is 3. The van der Waals surface area contributed by atoms with Crippen molar-refractivity contribution >= 4 is 17.9 Å².